The summed E-state index contributed by atoms with van der Waals surface area (Å²) < 4.78 is 5.91. The van der Waals surface area contributed by atoms with Crippen LogP contribution in [0.3, 0.4) is 0 Å². The number of rotatable bonds is 2. The number of ether oxygens (including phenoxy) is 1. The summed E-state index contributed by atoms with van der Waals surface area (Å²) in [6.07, 6.45) is -0.0996. The molecule has 5 heteroatoms. The molecule has 0 saturated heterocycles. The smallest absolute Gasteiger partial charge is 0.305 e. The zero-order chi connectivity index (χ0) is 11.5. The molecule has 0 fully saturated rings. The van der Waals surface area contributed by atoms with Crippen LogP contribution in [-0.4, -0.2) is 18.0 Å². The molecule has 1 aliphatic rings. The zero-order valence-corrected chi connectivity index (χ0v) is 10.2. The van der Waals surface area contributed by atoms with Crippen LogP contribution in [0.4, 0.5) is 0 Å². The Morgan fingerprint density at radius 2 is 2.19 bits per heavy atom. The van der Waals surface area contributed by atoms with E-state index in [9.17, 15) is 4.79 Å². The predicted molar refractivity (Wildman–Crippen MR) is 61.9 cm³/mol. The van der Waals surface area contributed by atoms with Gasteiger partial charge in [0.15, 0.2) is 0 Å². The SMILES string of the molecule is CC(=O)OC1CC(c2ccc(Br)cc2)=NO1. The number of carbonyl (C=O) groups excluding carboxylic acids is 1. The van der Waals surface area contributed by atoms with Gasteiger partial charge in [-0.2, -0.15) is 0 Å². The fraction of sp³-hybridized carbons (Fsp3) is 0.273. The van der Waals surface area contributed by atoms with Crippen molar-refractivity contribution in [3.8, 4) is 0 Å². The van der Waals surface area contributed by atoms with Crippen molar-refractivity contribution < 1.29 is 14.4 Å². The Morgan fingerprint density at radius 1 is 1.50 bits per heavy atom. The molecule has 1 heterocycles. The molecule has 2 rings (SSSR count). The number of halogens is 1. The molecule has 0 saturated carbocycles. The van der Waals surface area contributed by atoms with Gasteiger partial charge in [0.1, 0.15) is 0 Å². The Balaban J connectivity index is 2.03. The van der Waals surface area contributed by atoms with Gasteiger partial charge in [-0.25, -0.2) is 0 Å². The van der Waals surface area contributed by atoms with Crippen LogP contribution < -0.4 is 0 Å². The highest BCUT2D eigenvalue weighted by Crippen LogP contribution is 2.19. The highest BCUT2D eigenvalue weighted by molar-refractivity contribution is 9.10. The van der Waals surface area contributed by atoms with Crippen LogP contribution in [0.2, 0.25) is 0 Å². The summed E-state index contributed by atoms with van der Waals surface area (Å²) in [5.41, 5.74) is 1.76. The Bertz CT molecular complexity index is 427. The second-order valence-corrected chi connectivity index (χ2v) is 4.31. The topological polar surface area (TPSA) is 47.9 Å². The Labute approximate surface area is 101 Å². The van der Waals surface area contributed by atoms with Crippen LogP contribution in [0.5, 0.6) is 0 Å². The summed E-state index contributed by atoms with van der Waals surface area (Å²) in [6.45, 7) is 1.35. The quantitative estimate of drug-likeness (QED) is 0.784. The second kappa shape index (κ2) is 4.65. The number of esters is 1. The molecule has 1 aromatic rings. The van der Waals surface area contributed by atoms with Crippen molar-refractivity contribution in [2.24, 2.45) is 5.16 Å². The van der Waals surface area contributed by atoms with Crippen molar-refractivity contribution in [2.75, 3.05) is 0 Å². The van der Waals surface area contributed by atoms with Gasteiger partial charge in [-0.15, -0.1) is 0 Å². The average Bonchev–Trinajstić information content (AvgIpc) is 2.66. The maximum Gasteiger partial charge on any atom is 0.305 e. The first-order valence-electron chi connectivity index (χ1n) is 4.81. The highest BCUT2D eigenvalue weighted by Gasteiger charge is 2.24. The minimum absolute atomic E-state index is 0.364. The van der Waals surface area contributed by atoms with Crippen LogP contribution in [-0.2, 0) is 14.4 Å². The summed E-state index contributed by atoms with van der Waals surface area (Å²) in [6, 6.07) is 7.72. The molecule has 0 radical (unpaired) electrons. The first-order chi connectivity index (χ1) is 7.65. The van der Waals surface area contributed by atoms with Gasteiger partial charge in [0.2, 0.25) is 0 Å². The molecule has 1 atom stereocenters. The molecular weight excluding hydrogens is 274 g/mol. The monoisotopic (exact) mass is 283 g/mol. The Morgan fingerprint density at radius 3 is 2.81 bits per heavy atom. The molecule has 84 valence electrons. The van der Waals surface area contributed by atoms with Crippen molar-refractivity contribution >= 4 is 27.6 Å². The number of oxime groups is 1. The van der Waals surface area contributed by atoms with E-state index in [1.54, 1.807) is 0 Å². The second-order valence-electron chi connectivity index (χ2n) is 3.39. The van der Waals surface area contributed by atoms with Gasteiger partial charge in [0.25, 0.3) is 6.29 Å². The molecule has 0 amide bonds. The average molecular weight is 284 g/mol. The molecule has 0 aromatic heterocycles. The van der Waals surface area contributed by atoms with Crippen molar-refractivity contribution in [1.29, 1.82) is 0 Å². The molecule has 1 aromatic carbocycles. The summed E-state index contributed by atoms with van der Waals surface area (Å²) in [4.78, 5) is 15.7. The van der Waals surface area contributed by atoms with Crippen LogP contribution in [0.25, 0.3) is 0 Å². The lowest BCUT2D eigenvalue weighted by molar-refractivity contribution is -0.170. The number of carbonyl (C=O) groups is 1. The molecule has 4 nitrogen and oxygen atoms in total. The van der Waals surface area contributed by atoms with Crippen LogP contribution in [0, 0.1) is 0 Å². The molecule has 16 heavy (non-hydrogen) atoms. The highest BCUT2D eigenvalue weighted by atomic mass is 79.9. The third kappa shape index (κ3) is 2.61. The third-order valence-corrected chi connectivity index (χ3v) is 2.64. The normalized spacial score (nSPS) is 18.9. The van der Waals surface area contributed by atoms with E-state index in [2.05, 4.69) is 21.1 Å². The van der Waals surface area contributed by atoms with Crippen LogP contribution >= 0.6 is 15.9 Å². The number of nitrogens with zero attached hydrogens (tertiary/aromatic N) is 1. The largest absolute Gasteiger partial charge is 0.423 e. The molecule has 0 aliphatic carbocycles. The summed E-state index contributed by atoms with van der Waals surface area (Å²) >= 11 is 3.36. The molecule has 1 aliphatic heterocycles. The predicted octanol–water partition coefficient (Wildman–Crippen LogP) is 2.46. The van der Waals surface area contributed by atoms with E-state index < -0.39 is 6.29 Å². The summed E-state index contributed by atoms with van der Waals surface area (Å²) in [5.74, 6) is -0.364. The van der Waals surface area contributed by atoms with Gasteiger partial charge in [0, 0.05) is 11.4 Å². The number of benzene rings is 1. The van der Waals surface area contributed by atoms with Crippen LogP contribution in [0.15, 0.2) is 33.9 Å². The van der Waals surface area contributed by atoms with Crippen molar-refractivity contribution in [3.63, 3.8) is 0 Å². The van der Waals surface area contributed by atoms with Crippen LogP contribution in [0.1, 0.15) is 18.9 Å². The first-order valence-corrected chi connectivity index (χ1v) is 5.60. The van der Waals surface area contributed by atoms with Gasteiger partial charge < -0.3 is 9.57 Å². The van der Waals surface area contributed by atoms with E-state index in [1.807, 2.05) is 24.3 Å². The molecular formula is C11H10BrNO3. The number of hydrogen-bond acceptors (Lipinski definition) is 4. The van der Waals surface area contributed by atoms with Crippen molar-refractivity contribution in [3.05, 3.63) is 34.3 Å². The van der Waals surface area contributed by atoms with Gasteiger partial charge in [-0.1, -0.05) is 33.2 Å². The van der Waals surface area contributed by atoms with Gasteiger partial charge in [-0.05, 0) is 17.7 Å². The fourth-order valence-corrected chi connectivity index (χ4v) is 1.68. The standard InChI is InChI=1S/C11H10BrNO3/c1-7(14)15-11-6-10(13-16-11)8-2-4-9(12)5-3-8/h2-5,11H,6H2,1H3. The van der Waals surface area contributed by atoms with E-state index in [0.717, 1.165) is 15.7 Å². The maximum atomic E-state index is 10.7. The van der Waals surface area contributed by atoms with Gasteiger partial charge in [0.05, 0.1) is 12.1 Å². The van der Waals surface area contributed by atoms with E-state index in [1.165, 1.54) is 6.92 Å². The molecule has 0 bridgehead atoms. The summed E-state index contributed by atoms with van der Waals surface area (Å²) in [7, 11) is 0. The van der Waals surface area contributed by atoms with Crippen molar-refractivity contribution in [2.45, 2.75) is 19.6 Å². The Hall–Kier alpha value is -1.36. The van der Waals surface area contributed by atoms with E-state index >= 15 is 0 Å². The lowest BCUT2D eigenvalue weighted by Gasteiger charge is -2.06. The molecule has 0 spiro atoms. The minimum Gasteiger partial charge on any atom is -0.423 e. The first kappa shape index (κ1) is 11.1. The Kier molecular flexibility index (Phi) is 3.24. The minimum atomic E-state index is -0.587. The number of hydrogen-bond donors (Lipinski definition) is 0. The van der Waals surface area contributed by atoms with E-state index in [4.69, 9.17) is 9.57 Å². The van der Waals surface area contributed by atoms with E-state index in [-0.39, 0.29) is 5.97 Å². The van der Waals surface area contributed by atoms with E-state index in [0.29, 0.717) is 6.42 Å². The van der Waals surface area contributed by atoms with Gasteiger partial charge in [-0.3, -0.25) is 4.79 Å². The van der Waals surface area contributed by atoms with Gasteiger partial charge >= 0.3 is 5.97 Å². The molecule has 0 N–H and O–H groups in total. The fourth-order valence-electron chi connectivity index (χ4n) is 1.42. The third-order valence-electron chi connectivity index (χ3n) is 2.12. The molecule has 1 unspecified atom stereocenters. The lowest BCUT2D eigenvalue weighted by Crippen LogP contribution is -2.16. The van der Waals surface area contributed by atoms with Crippen molar-refractivity contribution in [1.82, 2.24) is 0 Å². The summed E-state index contributed by atoms with van der Waals surface area (Å²) in [5, 5.41) is 3.89. The lowest BCUT2D eigenvalue weighted by atomic mass is 10.1. The zero-order valence-electron chi connectivity index (χ0n) is 8.64. The maximum absolute atomic E-state index is 10.7.